The van der Waals surface area contributed by atoms with E-state index >= 15 is 0 Å². The number of methoxy groups -OCH3 is 9. The Hall–Kier alpha value is -5.73. The maximum absolute atomic E-state index is 13.3. The number of ether oxygens (including phenoxy) is 12. The van der Waals surface area contributed by atoms with E-state index in [0.717, 1.165) is 0 Å². The largest absolute Gasteiger partial charge is 0.493 e. The summed E-state index contributed by atoms with van der Waals surface area (Å²) < 4.78 is 64.4. The number of benzene rings is 3. The molecule has 0 bridgehead atoms. The van der Waals surface area contributed by atoms with Crippen molar-refractivity contribution in [2.45, 2.75) is 26.4 Å². The summed E-state index contributed by atoms with van der Waals surface area (Å²) in [6.07, 6.45) is -0.0337. The van der Waals surface area contributed by atoms with Gasteiger partial charge in [-0.3, -0.25) is 0 Å². The fourth-order valence-electron chi connectivity index (χ4n) is 4.44. The van der Waals surface area contributed by atoms with E-state index in [-0.39, 0.29) is 68.4 Å². The summed E-state index contributed by atoms with van der Waals surface area (Å²) in [5, 5.41) is 0. The van der Waals surface area contributed by atoms with Crippen LogP contribution in [0.2, 0.25) is 0 Å². The van der Waals surface area contributed by atoms with Crippen molar-refractivity contribution in [2.75, 3.05) is 77.2 Å². The summed E-state index contributed by atoms with van der Waals surface area (Å²) in [6, 6.07) is 8.33. The van der Waals surface area contributed by atoms with Gasteiger partial charge in [-0.05, 0) is 36.4 Å². The first-order valence-corrected chi connectivity index (χ1v) is 15.5. The van der Waals surface area contributed by atoms with Crippen molar-refractivity contribution in [3.05, 3.63) is 53.1 Å². The molecule has 0 N–H and O–H groups in total. The molecule has 0 aromatic heterocycles. The maximum Gasteiger partial charge on any atom is 0.338 e. The van der Waals surface area contributed by atoms with E-state index in [4.69, 9.17) is 56.8 Å². The first kappa shape index (κ1) is 41.4. The van der Waals surface area contributed by atoms with E-state index in [9.17, 15) is 14.4 Å². The lowest BCUT2D eigenvalue weighted by Crippen LogP contribution is -2.31. The summed E-state index contributed by atoms with van der Waals surface area (Å²) in [6.45, 7) is 3.21. The van der Waals surface area contributed by atoms with E-state index < -0.39 is 37.2 Å². The van der Waals surface area contributed by atoms with E-state index in [1.165, 1.54) is 107 Å². The van der Waals surface area contributed by atoms with Crippen molar-refractivity contribution in [1.29, 1.82) is 0 Å². The van der Waals surface area contributed by atoms with E-state index in [1.807, 2.05) is 0 Å². The first-order valence-electron chi connectivity index (χ1n) is 15.5. The lowest BCUT2D eigenvalue weighted by molar-refractivity contribution is -0.0254. The minimum absolute atomic E-state index is 0.0152. The molecule has 3 rings (SSSR count). The van der Waals surface area contributed by atoms with E-state index in [0.29, 0.717) is 0 Å². The lowest BCUT2D eigenvalue weighted by Gasteiger charge is -2.20. The zero-order chi connectivity index (χ0) is 38.1. The summed E-state index contributed by atoms with van der Waals surface area (Å²) in [5.41, 5.74) is 0.114. The Morgan fingerprint density at radius 2 is 0.667 bits per heavy atom. The van der Waals surface area contributed by atoms with Gasteiger partial charge in [-0.1, -0.05) is 20.3 Å². The lowest BCUT2D eigenvalue weighted by atomic mass is 10.1. The minimum atomic E-state index is -1.28. The molecule has 15 heteroatoms. The van der Waals surface area contributed by atoms with Crippen LogP contribution in [0.15, 0.2) is 36.4 Å². The van der Waals surface area contributed by atoms with Crippen molar-refractivity contribution >= 4 is 17.9 Å². The van der Waals surface area contributed by atoms with Crippen LogP contribution in [0.1, 0.15) is 51.3 Å². The van der Waals surface area contributed by atoms with E-state index in [1.54, 1.807) is 0 Å². The van der Waals surface area contributed by atoms with Gasteiger partial charge in [0.2, 0.25) is 17.2 Å². The molecule has 0 aliphatic heterocycles. The zero-order valence-electron chi connectivity index (χ0n) is 30.8. The molecule has 0 spiro atoms. The third-order valence-corrected chi connectivity index (χ3v) is 6.78. The minimum Gasteiger partial charge on any atom is -0.493 e. The number of rotatable bonds is 17. The van der Waals surface area contributed by atoms with Crippen LogP contribution in [0.4, 0.5) is 0 Å². The van der Waals surface area contributed by atoms with Gasteiger partial charge in [0.1, 0.15) is 13.2 Å². The van der Waals surface area contributed by atoms with Gasteiger partial charge in [0.25, 0.3) is 0 Å². The second kappa shape index (κ2) is 20.7. The van der Waals surface area contributed by atoms with Crippen LogP contribution in [-0.2, 0) is 14.2 Å². The molecule has 0 amide bonds. The zero-order valence-corrected chi connectivity index (χ0v) is 30.8. The molecule has 15 nitrogen and oxygen atoms in total. The highest BCUT2D eigenvalue weighted by atomic mass is 16.6. The summed E-state index contributed by atoms with van der Waals surface area (Å²) >= 11 is 0. The molecular formula is C36H46O15. The quantitative estimate of drug-likeness (QED) is 0.128. The van der Waals surface area contributed by atoms with Crippen molar-refractivity contribution in [3.63, 3.8) is 0 Å². The Balaban J connectivity index is 0.00000290. The first-order chi connectivity index (χ1) is 24.5. The predicted octanol–water partition coefficient (Wildman–Crippen LogP) is 5.42. The van der Waals surface area contributed by atoms with Crippen LogP contribution in [0.5, 0.6) is 51.7 Å². The van der Waals surface area contributed by atoms with Gasteiger partial charge in [-0.2, -0.15) is 0 Å². The predicted molar refractivity (Wildman–Crippen MR) is 184 cm³/mol. The number of carbonyl (C=O) groups is 3. The highest BCUT2D eigenvalue weighted by molar-refractivity contribution is 5.93. The SMILES string of the molecule is CCC.COc1cc(C(=O)OCC(COC(=O)c2cc(OC)c(OC)c(OC)c2)OC(=O)c2cc(OC)c(OC)c(OC)c2)cc(OC)c1OC. The van der Waals surface area contributed by atoms with Crippen LogP contribution >= 0.6 is 0 Å². The van der Waals surface area contributed by atoms with Gasteiger partial charge in [-0.25, -0.2) is 14.4 Å². The molecule has 0 heterocycles. The monoisotopic (exact) mass is 718 g/mol. The van der Waals surface area contributed by atoms with Crippen molar-refractivity contribution in [3.8, 4) is 51.7 Å². The number of hydrogen-bond donors (Lipinski definition) is 0. The van der Waals surface area contributed by atoms with Gasteiger partial charge < -0.3 is 56.8 Å². The highest BCUT2D eigenvalue weighted by Crippen LogP contribution is 2.40. The van der Waals surface area contributed by atoms with Gasteiger partial charge in [0.15, 0.2) is 40.6 Å². The Labute approximate surface area is 297 Å². The van der Waals surface area contributed by atoms with Crippen LogP contribution in [-0.4, -0.2) is 101 Å². The molecule has 0 saturated carbocycles. The molecule has 0 unspecified atom stereocenters. The Kier molecular flexibility index (Phi) is 16.8. The second-order valence-corrected chi connectivity index (χ2v) is 10.2. The molecule has 0 aliphatic carbocycles. The molecule has 0 saturated heterocycles. The van der Waals surface area contributed by atoms with Gasteiger partial charge in [-0.15, -0.1) is 0 Å². The molecular weight excluding hydrogens is 672 g/mol. The fraction of sp³-hybridized carbons (Fsp3) is 0.417. The Morgan fingerprint density at radius 3 is 0.882 bits per heavy atom. The summed E-state index contributed by atoms with van der Waals surface area (Å²) in [4.78, 5) is 39.6. The van der Waals surface area contributed by atoms with Crippen LogP contribution in [0.25, 0.3) is 0 Å². The molecule has 0 fully saturated rings. The average Bonchev–Trinajstić information content (AvgIpc) is 3.16. The van der Waals surface area contributed by atoms with Crippen molar-refractivity contribution in [1.82, 2.24) is 0 Å². The Morgan fingerprint density at radius 1 is 0.431 bits per heavy atom. The van der Waals surface area contributed by atoms with Gasteiger partial charge in [0.05, 0.1) is 80.7 Å². The molecule has 3 aromatic rings. The average molecular weight is 719 g/mol. The molecule has 0 radical (unpaired) electrons. The van der Waals surface area contributed by atoms with E-state index in [2.05, 4.69) is 13.8 Å². The number of hydrogen-bond acceptors (Lipinski definition) is 15. The molecule has 3 aromatic carbocycles. The maximum atomic E-state index is 13.3. The van der Waals surface area contributed by atoms with Crippen molar-refractivity contribution < 1.29 is 71.2 Å². The summed E-state index contributed by atoms with van der Waals surface area (Å²) in [7, 11) is 12.6. The van der Waals surface area contributed by atoms with Crippen molar-refractivity contribution in [2.24, 2.45) is 0 Å². The molecule has 280 valence electrons. The topological polar surface area (TPSA) is 162 Å². The van der Waals surface area contributed by atoms with Crippen LogP contribution in [0.3, 0.4) is 0 Å². The number of esters is 3. The second-order valence-electron chi connectivity index (χ2n) is 10.2. The highest BCUT2D eigenvalue weighted by Gasteiger charge is 2.26. The molecule has 0 atom stereocenters. The summed E-state index contributed by atoms with van der Waals surface area (Å²) in [5.74, 6) is -0.452. The standard InChI is InChI=1S/C33H38O15.C3H8/c1-37-22-10-18(11-23(38-2)28(22)43-7)31(34)46-16-21(48-33(36)20-14-26(41-5)30(45-9)27(15-20)42-6)17-47-32(35)19-12-24(39-3)29(44-8)25(13-19)40-4;1-3-2/h10-15,21H,16-17H2,1-9H3;3H2,1-2H3. The van der Waals surface area contributed by atoms with Gasteiger partial charge >= 0.3 is 17.9 Å². The normalized spacial score (nSPS) is 10.1. The van der Waals surface area contributed by atoms with Crippen LogP contribution < -0.4 is 42.6 Å². The molecule has 0 aliphatic rings. The van der Waals surface area contributed by atoms with Gasteiger partial charge in [0, 0.05) is 0 Å². The number of carbonyl (C=O) groups excluding carboxylic acids is 3. The van der Waals surface area contributed by atoms with Crippen LogP contribution in [0, 0.1) is 0 Å². The molecule has 51 heavy (non-hydrogen) atoms. The fourth-order valence-corrected chi connectivity index (χ4v) is 4.44. The third kappa shape index (κ3) is 10.6. The third-order valence-electron chi connectivity index (χ3n) is 6.78. The smallest absolute Gasteiger partial charge is 0.338 e. The Bertz CT molecular complexity index is 1460.